The van der Waals surface area contributed by atoms with Gasteiger partial charge in [-0.15, -0.1) is 11.3 Å². The van der Waals surface area contributed by atoms with E-state index in [1.807, 2.05) is 62.9 Å². The summed E-state index contributed by atoms with van der Waals surface area (Å²) in [5.74, 6) is 0.683. The van der Waals surface area contributed by atoms with Gasteiger partial charge < -0.3 is 14.5 Å². The minimum Gasteiger partial charge on any atom is -0.491 e. The van der Waals surface area contributed by atoms with Crippen LogP contribution >= 0.6 is 11.3 Å². The van der Waals surface area contributed by atoms with Crippen molar-refractivity contribution in [1.29, 1.82) is 0 Å². The molecule has 162 valence electrons. The lowest BCUT2D eigenvalue weighted by atomic mass is 10.00. The lowest BCUT2D eigenvalue weighted by molar-refractivity contribution is -0.146. The Labute approximate surface area is 183 Å². The van der Waals surface area contributed by atoms with Gasteiger partial charge in [-0.1, -0.05) is 39.0 Å². The van der Waals surface area contributed by atoms with Crippen LogP contribution in [0.5, 0.6) is 5.75 Å². The second-order valence-electron chi connectivity index (χ2n) is 8.15. The number of amides is 2. The van der Waals surface area contributed by atoms with Gasteiger partial charge >= 0.3 is 0 Å². The summed E-state index contributed by atoms with van der Waals surface area (Å²) in [5, 5.41) is 2.09. The summed E-state index contributed by atoms with van der Waals surface area (Å²) in [6.45, 7) is 9.00. The van der Waals surface area contributed by atoms with Crippen molar-refractivity contribution in [2.24, 2.45) is 5.92 Å². The Bertz CT molecular complexity index is 849. The van der Waals surface area contributed by atoms with Crippen molar-refractivity contribution in [2.75, 3.05) is 19.7 Å². The first-order valence-electron chi connectivity index (χ1n) is 10.8. The normalized spacial score (nSPS) is 16.8. The Morgan fingerprint density at radius 1 is 1.20 bits per heavy atom. The maximum absolute atomic E-state index is 13.4. The molecule has 0 spiro atoms. The van der Waals surface area contributed by atoms with E-state index in [0.29, 0.717) is 13.2 Å². The Kier molecular flexibility index (Phi) is 7.53. The summed E-state index contributed by atoms with van der Waals surface area (Å²) in [4.78, 5) is 31.1. The van der Waals surface area contributed by atoms with Gasteiger partial charge in [0.25, 0.3) is 0 Å². The molecule has 2 atom stereocenters. The highest BCUT2D eigenvalue weighted by Gasteiger charge is 2.34. The minimum absolute atomic E-state index is 0.0113. The lowest BCUT2D eigenvalue weighted by Gasteiger charge is -2.38. The number of carbonyl (C=O) groups excluding carboxylic acids is 2. The average Bonchev–Trinajstić information content (AvgIpc) is 3.24. The standard InChI is InChI=1S/C24H32N2O3S/c1-5-18(4)26(24(28)17(2)3)15-23(27)25-13-11-22-20(12-14-30-22)21(25)16-29-19-9-7-6-8-10-19/h6-10,12,14,17-18,21H,5,11,13,15-16H2,1-4H3/t18-,21-/m0/s1. The third kappa shape index (κ3) is 5.04. The molecule has 0 saturated carbocycles. The van der Waals surface area contributed by atoms with Crippen LogP contribution in [0.4, 0.5) is 0 Å². The van der Waals surface area contributed by atoms with Gasteiger partial charge in [-0.05, 0) is 48.9 Å². The van der Waals surface area contributed by atoms with Crippen LogP contribution in [-0.4, -0.2) is 47.4 Å². The van der Waals surface area contributed by atoms with E-state index in [2.05, 4.69) is 11.4 Å². The molecule has 0 fully saturated rings. The van der Waals surface area contributed by atoms with Gasteiger partial charge in [0.2, 0.25) is 11.8 Å². The van der Waals surface area contributed by atoms with Gasteiger partial charge in [0.15, 0.2) is 0 Å². The fraction of sp³-hybridized carbons (Fsp3) is 0.500. The molecule has 1 aliphatic rings. The number of fused-ring (bicyclic) bond motifs is 1. The van der Waals surface area contributed by atoms with Crippen molar-refractivity contribution in [3.63, 3.8) is 0 Å². The number of hydrogen-bond donors (Lipinski definition) is 0. The van der Waals surface area contributed by atoms with Crippen LogP contribution in [0.15, 0.2) is 41.8 Å². The molecule has 5 nitrogen and oxygen atoms in total. The van der Waals surface area contributed by atoms with Crippen molar-refractivity contribution in [1.82, 2.24) is 9.80 Å². The number of thiophene rings is 1. The second-order valence-corrected chi connectivity index (χ2v) is 9.15. The van der Waals surface area contributed by atoms with Gasteiger partial charge in [-0.3, -0.25) is 9.59 Å². The molecule has 2 heterocycles. The number of hydrogen-bond acceptors (Lipinski definition) is 4. The number of benzene rings is 1. The number of nitrogens with zero attached hydrogens (tertiary/aromatic N) is 2. The summed E-state index contributed by atoms with van der Waals surface area (Å²) >= 11 is 1.74. The molecular formula is C24H32N2O3S. The van der Waals surface area contributed by atoms with Crippen LogP contribution in [0, 0.1) is 5.92 Å². The fourth-order valence-corrected chi connectivity index (χ4v) is 4.73. The summed E-state index contributed by atoms with van der Waals surface area (Å²) < 4.78 is 6.04. The van der Waals surface area contributed by atoms with E-state index < -0.39 is 0 Å². The second kappa shape index (κ2) is 10.1. The van der Waals surface area contributed by atoms with Gasteiger partial charge in [0.05, 0.1) is 6.04 Å². The maximum atomic E-state index is 13.4. The summed E-state index contributed by atoms with van der Waals surface area (Å²) in [5.41, 5.74) is 1.17. The van der Waals surface area contributed by atoms with Crippen LogP contribution in [-0.2, 0) is 16.0 Å². The molecule has 1 aromatic carbocycles. The van der Waals surface area contributed by atoms with E-state index in [1.165, 1.54) is 10.4 Å². The SMILES string of the molecule is CC[C@H](C)N(CC(=O)N1CCc2sccc2[C@@H]1COc1ccccc1)C(=O)C(C)C. The fourth-order valence-electron chi connectivity index (χ4n) is 3.81. The quantitative estimate of drug-likeness (QED) is 0.620. The van der Waals surface area contributed by atoms with Gasteiger partial charge in [-0.2, -0.15) is 0 Å². The number of para-hydroxylation sites is 1. The van der Waals surface area contributed by atoms with E-state index in [9.17, 15) is 9.59 Å². The molecule has 2 aromatic rings. The van der Waals surface area contributed by atoms with E-state index in [1.54, 1.807) is 16.2 Å². The third-order valence-corrected chi connectivity index (χ3v) is 6.77. The molecule has 1 aromatic heterocycles. The van der Waals surface area contributed by atoms with E-state index in [0.717, 1.165) is 18.6 Å². The van der Waals surface area contributed by atoms with Crippen LogP contribution in [0.2, 0.25) is 0 Å². The number of rotatable bonds is 8. The molecule has 0 radical (unpaired) electrons. The molecule has 0 saturated heterocycles. The van der Waals surface area contributed by atoms with E-state index in [4.69, 9.17) is 4.74 Å². The Balaban J connectivity index is 1.79. The van der Waals surface area contributed by atoms with Crippen molar-refractivity contribution in [2.45, 2.75) is 52.6 Å². The number of ether oxygens (including phenoxy) is 1. The Morgan fingerprint density at radius 3 is 2.60 bits per heavy atom. The lowest BCUT2D eigenvalue weighted by Crippen LogP contribution is -2.50. The largest absolute Gasteiger partial charge is 0.491 e. The first-order chi connectivity index (χ1) is 14.4. The third-order valence-electron chi connectivity index (χ3n) is 5.77. The first kappa shape index (κ1) is 22.3. The predicted molar refractivity (Wildman–Crippen MR) is 121 cm³/mol. The number of carbonyl (C=O) groups is 2. The monoisotopic (exact) mass is 428 g/mol. The highest BCUT2D eigenvalue weighted by atomic mass is 32.1. The van der Waals surface area contributed by atoms with E-state index in [-0.39, 0.29) is 36.4 Å². The smallest absolute Gasteiger partial charge is 0.242 e. The zero-order valence-electron chi connectivity index (χ0n) is 18.3. The Morgan fingerprint density at radius 2 is 1.93 bits per heavy atom. The molecule has 3 rings (SSSR count). The van der Waals surface area contributed by atoms with Crippen LogP contribution in [0.25, 0.3) is 0 Å². The summed E-state index contributed by atoms with van der Waals surface area (Å²) in [7, 11) is 0. The van der Waals surface area contributed by atoms with Crippen molar-refractivity contribution in [3.8, 4) is 5.75 Å². The predicted octanol–water partition coefficient (Wildman–Crippen LogP) is 4.54. The summed E-state index contributed by atoms with van der Waals surface area (Å²) in [6.07, 6.45) is 1.67. The van der Waals surface area contributed by atoms with Crippen molar-refractivity contribution < 1.29 is 14.3 Å². The highest BCUT2D eigenvalue weighted by Crippen LogP contribution is 2.34. The maximum Gasteiger partial charge on any atom is 0.242 e. The van der Waals surface area contributed by atoms with Crippen molar-refractivity contribution >= 4 is 23.2 Å². The zero-order valence-corrected chi connectivity index (χ0v) is 19.2. The van der Waals surface area contributed by atoms with Gasteiger partial charge in [-0.25, -0.2) is 0 Å². The molecular weight excluding hydrogens is 396 g/mol. The highest BCUT2D eigenvalue weighted by molar-refractivity contribution is 7.10. The average molecular weight is 429 g/mol. The molecule has 0 N–H and O–H groups in total. The Hall–Kier alpha value is -2.34. The molecule has 0 unspecified atom stereocenters. The first-order valence-corrected chi connectivity index (χ1v) is 11.6. The van der Waals surface area contributed by atoms with Crippen LogP contribution < -0.4 is 4.74 Å². The minimum atomic E-state index is -0.138. The zero-order chi connectivity index (χ0) is 21.7. The summed E-state index contributed by atoms with van der Waals surface area (Å²) in [6, 6.07) is 11.7. The molecule has 30 heavy (non-hydrogen) atoms. The van der Waals surface area contributed by atoms with Gasteiger partial charge in [0, 0.05) is 23.4 Å². The topological polar surface area (TPSA) is 49.9 Å². The molecule has 6 heteroatoms. The molecule has 0 aliphatic carbocycles. The van der Waals surface area contributed by atoms with Gasteiger partial charge in [0.1, 0.15) is 18.9 Å². The van der Waals surface area contributed by atoms with E-state index >= 15 is 0 Å². The molecule has 0 bridgehead atoms. The molecule has 2 amide bonds. The van der Waals surface area contributed by atoms with Crippen LogP contribution in [0.3, 0.4) is 0 Å². The molecule has 1 aliphatic heterocycles. The van der Waals surface area contributed by atoms with Crippen molar-refractivity contribution in [3.05, 3.63) is 52.2 Å². The van der Waals surface area contributed by atoms with Crippen LogP contribution in [0.1, 0.15) is 50.6 Å².